The quantitative estimate of drug-likeness (QED) is 0.276. The van der Waals surface area contributed by atoms with E-state index in [4.69, 9.17) is 0 Å². The number of carboxylic acid groups (broad SMARTS) is 4. The fraction of sp³-hybridized carbons (Fsp3) is 0.750. The predicted molar refractivity (Wildman–Crippen MR) is 85.8 cm³/mol. The summed E-state index contributed by atoms with van der Waals surface area (Å²) in [4.78, 5) is 49.9. The summed E-state index contributed by atoms with van der Waals surface area (Å²) in [5, 5.41) is 43.8. The summed E-state index contributed by atoms with van der Waals surface area (Å²) in [5.74, 6) is -5.20. The predicted octanol–water partition coefficient (Wildman–Crippen LogP) is -7.79. The molecule has 0 N–H and O–H groups in total. The molecular weight excluding hydrogens is 533 g/mol. The van der Waals surface area contributed by atoms with Crippen molar-refractivity contribution >= 4 is 23.9 Å². The zero-order valence-corrected chi connectivity index (χ0v) is 18.2. The molecule has 1 saturated heterocycles. The Morgan fingerprint density at radius 1 is 0.448 bits per heavy atom. The second-order valence-electron chi connectivity index (χ2n) is 6.59. The van der Waals surface area contributed by atoms with Crippen molar-refractivity contribution in [2.75, 3.05) is 78.5 Å². The molecule has 29 heavy (non-hydrogen) atoms. The number of nitrogens with zero attached hydrogens (tertiary/aromatic N) is 4. The molecule has 12 nitrogen and oxygen atoms in total. The molecule has 1 heterocycles. The normalized spacial score (nSPS) is 18.8. The van der Waals surface area contributed by atoms with Gasteiger partial charge in [-0.1, -0.05) is 0 Å². The Bertz CT molecular complexity index is 453. The van der Waals surface area contributed by atoms with Gasteiger partial charge in [0.05, 0.1) is 23.9 Å². The van der Waals surface area contributed by atoms with Gasteiger partial charge in [-0.05, 0) is 0 Å². The monoisotopic (exact) mass is 558 g/mol. The van der Waals surface area contributed by atoms with Crippen molar-refractivity contribution in [3.8, 4) is 0 Å². The Morgan fingerprint density at radius 2 is 0.586 bits per heavy atom. The molecule has 0 bridgehead atoms. The van der Waals surface area contributed by atoms with E-state index in [-0.39, 0.29) is 118 Å². The largest absolute Gasteiger partial charge is 0.549 e. The smallest absolute Gasteiger partial charge is 0.0555 e. The van der Waals surface area contributed by atoms with Crippen molar-refractivity contribution < 1.29 is 79.5 Å². The number of hydrogen-bond acceptors (Lipinski definition) is 12. The average Bonchev–Trinajstić information content (AvgIpc) is 2.55. The van der Waals surface area contributed by atoms with E-state index in [9.17, 15) is 39.6 Å². The summed E-state index contributed by atoms with van der Waals surface area (Å²) in [6.07, 6.45) is 0. The maximum absolute atomic E-state index is 11.0. The summed E-state index contributed by atoms with van der Waals surface area (Å²) >= 11 is 0. The van der Waals surface area contributed by atoms with Crippen LogP contribution in [0.2, 0.25) is 0 Å². The molecule has 0 radical (unpaired) electrons. The van der Waals surface area contributed by atoms with E-state index in [0.717, 1.165) is 0 Å². The van der Waals surface area contributed by atoms with E-state index in [1.165, 1.54) is 19.6 Å². The molecule has 0 unspecified atom stereocenters. The number of carboxylic acids is 4. The van der Waals surface area contributed by atoms with Gasteiger partial charge >= 0.3 is 0 Å². The van der Waals surface area contributed by atoms with Crippen LogP contribution >= 0.6 is 0 Å². The van der Waals surface area contributed by atoms with Gasteiger partial charge in [0.1, 0.15) is 0 Å². The second kappa shape index (κ2) is 14.9. The first-order chi connectivity index (χ1) is 13.2. The summed E-state index contributed by atoms with van der Waals surface area (Å²) in [7, 11) is 0. The third kappa shape index (κ3) is 13.8. The van der Waals surface area contributed by atoms with E-state index in [0.29, 0.717) is 0 Å². The molecule has 0 aliphatic carbocycles. The minimum absolute atomic E-state index is 0. The minimum atomic E-state index is -1.30. The maximum atomic E-state index is 11.0. The van der Waals surface area contributed by atoms with Gasteiger partial charge in [-0.15, -0.1) is 0 Å². The number of carbonyl (C=O) groups excluding carboxylic acids is 4. The van der Waals surface area contributed by atoms with Crippen LogP contribution in [0.4, 0.5) is 0 Å². The molecular formula is C16H24GdN4O8-4. The first-order valence-corrected chi connectivity index (χ1v) is 8.84. The SMILES string of the molecule is O=C([O-])CN1CCN(CC(=O)[O-])CCN(CC(=O)[O-])CCN(CC(=O)[O-])CC1.[Gd]. The molecule has 1 fully saturated rings. The van der Waals surface area contributed by atoms with Crippen LogP contribution in [0.25, 0.3) is 0 Å². The van der Waals surface area contributed by atoms with Gasteiger partial charge in [0.15, 0.2) is 0 Å². The molecule has 0 aromatic rings. The first kappa shape index (κ1) is 28.0. The van der Waals surface area contributed by atoms with E-state index in [1.54, 1.807) is 0 Å². The number of rotatable bonds is 8. The van der Waals surface area contributed by atoms with Crippen LogP contribution < -0.4 is 20.4 Å². The van der Waals surface area contributed by atoms with Crippen LogP contribution in [0.15, 0.2) is 0 Å². The van der Waals surface area contributed by atoms with Crippen LogP contribution in [0, 0.1) is 39.9 Å². The molecule has 0 spiro atoms. The zero-order valence-electron chi connectivity index (χ0n) is 15.9. The Hall–Kier alpha value is -0.955. The van der Waals surface area contributed by atoms with E-state index < -0.39 is 23.9 Å². The van der Waals surface area contributed by atoms with Crippen molar-refractivity contribution in [3.05, 3.63) is 0 Å². The molecule has 1 rings (SSSR count). The maximum Gasteiger partial charge on any atom is 0.0555 e. The molecule has 0 amide bonds. The zero-order chi connectivity index (χ0) is 21.1. The molecule has 0 aromatic heterocycles. The van der Waals surface area contributed by atoms with Crippen LogP contribution in [0.1, 0.15) is 0 Å². The van der Waals surface area contributed by atoms with Crippen molar-refractivity contribution in [1.29, 1.82) is 0 Å². The summed E-state index contributed by atoms with van der Waals surface area (Å²) in [6.45, 7) is 0.155. The van der Waals surface area contributed by atoms with Crippen LogP contribution in [0.5, 0.6) is 0 Å². The van der Waals surface area contributed by atoms with E-state index in [1.807, 2.05) is 0 Å². The second-order valence-corrected chi connectivity index (χ2v) is 6.59. The molecule has 1 aliphatic rings. The van der Waals surface area contributed by atoms with Crippen LogP contribution in [-0.4, -0.2) is 122 Å². The van der Waals surface area contributed by atoms with E-state index in [2.05, 4.69) is 0 Å². The van der Waals surface area contributed by atoms with Gasteiger partial charge in [0.25, 0.3) is 0 Å². The molecule has 0 atom stereocenters. The number of hydrogen-bond donors (Lipinski definition) is 0. The Balaban J connectivity index is 0.00000784. The Kier molecular flexibility index (Phi) is 14.4. The summed E-state index contributed by atoms with van der Waals surface area (Å²) < 4.78 is 0. The van der Waals surface area contributed by atoms with Gasteiger partial charge in [-0.3, -0.25) is 19.6 Å². The fourth-order valence-electron chi connectivity index (χ4n) is 2.94. The first-order valence-electron chi connectivity index (χ1n) is 8.84. The fourth-order valence-corrected chi connectivity index (χ4v) is 2.94. The van der Waals surface area contributed by atoms with Gasteiger partial charge in [-0.2, -0.15) is 0 Å². The summed E-state index contributed by atoms with van der Waals surface area (Å²) in [5.41, 5.74) is 0. The third-order valence-electron chi connectivity index (χ3n) is 4.34. The average molecular weight is 558 g/mol. The minimum Gasteiger partial charge on any atom is -0.549 e. The molecule has 0 saturated carbocycles. The molecule has 168 valence electrons. The summed E-state index contributed by atoms with van der Waals surface area (Å²) in [6, 6.07) is 0. The number of carbonyl (C=O) groups is 4. The third-order valence-corrected chi connectivity index (χ3v) is 4.34. The molecule has 13 heteroatoms. The van der Waals surface area contributed by atoms with Crippen molar-refractivity contribution in [2.24, 2.45) is 0 Å². The topological polar surface area (TPSA) is 173 Å². The number of aliphatic carboxylic acids is 4. The van der Waals surface area contributed by atoms with Crippen LogP contribution in [-0.2, 0) is 19.2 Å². The van der Waals surface area contributed by atoms with Crippen LogP contribution in [0.3, 0.4) is 0 Å². The van der Waals surface area contributed by atoms with Crippen molar-refractivity contribution in [1.82, 2.24) is 19.6 Å². The van der Waals surface area contributed by atoms with E-state index >= 15 is 0 Å². The Labute approximate surface area is 200 Å². The molecule has 0 aromatic carbocycles. The standard InChI is InChI=1S/C16H28N4O8.Gd/c21-13(22)9-17-1-2-18(10-14(23)24)5-6-20(12-16(27)28)8-7-19(4-3-17)11-15(25)26;/h1-12H2,(H,21,22)(H,23,24)(H,25,26)(H,27,28);/p-4. The Morgan fingerprint density at radius 3 is 0.690 bits per heavy atom. The van der Waals surface area contributed by atoms with Crippen molar-refractivity contribution in [2.45, 2.75) is 0 Å². The molecule has 1 aliphatic heterocycles. The van der Waals surface area contributed by atoms with Crippen molar-refractivity contribution in [3.63, 3.8) is 0 Å². The van der Waals surface area contributed by atoms with Gasteiger partial charge in [0.2, 0.25) is 0 Å². The van der Waals surface area contributed by atoms with Gasteiger partial charge in [0, 0.05) is 118 Å². The van der Waals surface area contributed by atoms with Gasteiger partial charge < -0.3 is 39.6 Å². The van der Waals surface area contributed by atoms with Gasteiger partial charge in [-0.25, -0.2) is 0 Å².